The second kappa shape index (κ2) is 10.3. The van der Waals surface area contributed by atoms with Crippen LogP contribution in [-0.2, 0) is 0 Å². The van der Waals surface area contributed by atoms with E-state index in [-0.39, 0.29) is 5.91 Å². The van der Waals surface area contributed by atoms with E-state index in [1.807, 2.05) is 42.5 Å². The van der Waals surface area contributed by atoms with Crippen LogP contribution in [0.5, 0.6) is 5.75 Å². The summed E-state index contributed by atoms with van der Waals surface area (Å²) in [6.45, 7) is 4.92. The molecule has 5 nitrogen and oxygen atoms in total. The summed E-state index contributed by atoms with van der Waals surface area (Å²) in [5, 5.41) is 0. The third kappa shape index (κ3) is 5.95. The molecule has 0 bridgehead atoms. The molecule has 3 aromatic rings. The minimum absolute atomic E-state index is 0.378. The van der Waals surface area contributed by atoms with E-state index in [1.165, 1.54) is 0 Å². The van der Waals surface area contributed by atoms with Gasteiger partial charge in [-0.15, -0.1) is 0 Å². The fraction of sp³-hybridized carbons (Fsp3) is 0.200. The number of hydrazine groups is 1. The molecule has 2 N–H and O–H groups in total. The summed E-state index contributed by atoms with van der Waals surface area (Å²) in [6.07, 6.45) is 0.973. The monoisotopic (exact) mass is 402 g/mol. The Hall–Kier alpha value is -3.60. The van der Waals surface area contributed by atoms with Crippen molar-refractivity contribution in [2.24, 2.45) is 5.92 Å². The van der Waals surface area contributed by atoms with E-state index in [1.54, 1.807) is 36.4 Å². The zero-order valence-electron chi connectivity index (χ0n) is 17.2. The van der Waals surface area contributed by atoms with Crippen molar-refractivity contribution in [2.75, 3.05) is 6.61 Å². The first-order valence-corrected chi connectivity index (χ1v) is 10.0. The molecule has 0 aliphatic heterocycles. The molecule has 0 fully saturated rings. The van der Waals surface area contributed by atoms with Crippen molar-refractivity contribution in [1.29, 1.82) is 0 Å². The van der Waals surface area contributed by atoms with E-state index in [0.717, 1.165) is 23.3 Å². The molecule has 0 aromatic heterocycles. The number of amides is 2. The summed E-state index contributed by atoms with van der Waals surface area (Å²) in [5.74, 6) is 0.525. The number of nitrogens with one attached hydrogen (secondary N) is 2. The first-order chi connectivity index (χ1) is 14.5. The Labute approximate surface area is 177 Å². The van der Waals surface area contributed by atoms with E-state index in [2.05, 4.69) is 24.7 Å². The molecule has 154 valence electrons. The SMILES string of the molecule is CC(C)CCOc1ccc(C(=O)NNC(=O)c2ccc(-c3ccccc3)cc2)cc1. The Kier molecular flexibility index (Phi) is 7.22. The second-order valence-electron chi connectivity index (χ2n) is 7.41. The predicted molar refractivity (Wildman–Crippen MR) is 118 cm³/mol. The molecule has 0 aliphatic rings. The van der Waals surface area contributed by atoms with Gasteiger partial charge in [-0.05, 0) is 59.9 Å². The molecule has 3 rings (SSSR count). The van der Waals surface area contributed by atoms with Gasteiger partial charge in [0.15, 0.2) is 0 Å². The lowest BCUT2D eigenvalue weighted by molar-refractivity contribution is 0.0846. The molecule has 2 amide bonds. The maximum atomic E-state index is 12.3. The third-order valence-corrected chi connectivity index (χ3v) is 4.62. The van der Waals surface area contributed by atoms with Gasteiger partial charge >= 0.3 is 0 Å². The molecule has 30 heavy (non-hydrogen) atoms. The van der Waals surface area contributed by atoms with Crippen molar-refractivity contribution >= 4 is 11.8 Å². The van der Waals surface area contributed by atoms with Gasteiger partial charge in [-0.1, -0.05) is 56.3 Å². The van der Waals surface area contributed by atoms with Crippen molar-refractivity contribution in [1.82, 2.24) is 10.9 Å². The average Bonchev–Trinajstić information content (AvgIpc) is 2.78. The summed E-state index contributed by atoms with van der Waals surface area (Å²) in [4.78, 5) is 24.6. The summed E-state index contributed by atoms with van der Waals surface area (Å²) < 4.78 is 5.65. The van der Waals surface area contributed by atoms with Crippen LogP contribution in [0.15, 0.2) is 78.9 Å². The fourth-order valence-corrected chi connectivity index (χ4v) is 2.82. The molecular formula is C25H26N2O3. The van der Waals surface area contributed by atoms with Crippen molar-refractivity contribution in [3.05, 3.63) is 90.0 Å². The number of benzene rings is 3. The Morgan fingerprint density at radius 2 is 1.23 bits per heavy atom. The molecule has 0 atom stereocenters. The molecule has 5 heteroatoms. The number of hydrogen-bond donors (Lipinski definition) is 2. The van der Waals surface area contributed by atoms with E-state index in [9.17, 15) is 9.59 Å². The lowest BCUT2D eigenvalue weighted by atomic mass is 10.0. The van der Waals surface area contributed by atoms with Crippen LogP contribution in [-0.4, -0.2) is 18.4 Å². The van der Waals surface area contributed by atoms with E-state index in [4.69, 9.17) is 4.74 Å². The highest BCUT2D eigenvalue weighted by atomic mass is 16.5. The van der Waals surface area contributed by atoms with Crippen LogP contribution in [0.4, 0.5) is 0 Å². The van der Waals surface area contributed by atoms with Crippen molar-refractivity contribution in [3.8, 4) is 16.9 Å². The number of carbonyl (C=O) groups is 2. The highest BCUT2D eigenvalue weighted by Crippen LogP contribution is 2.19. The normalized spacial score (nSPS) is 10.5. The van der Waals surface area contributed by atoms with Crippen LogP contribution >= 0.6 is 0 Å². The quantitative estimate of drug-likeness (QED) is 0.555. The summed E-state index contributed by atoms with van der Waals surface area (Å²) in [6, 6.07) is 24.0. The Morgan fingerprint density at radius 1 is 0.733 bits per heavy atom. The van der Waals surface area contributed by atoms with E-state index < -0.39 is 5.91 Å². The van der Waals surface area contributed by atoms with Gasteiger partial charge in [-0.25, -0.2) is 0 Å². The lowest BCUT2D eigenvalue weighted by Gasteiger charge is -2.10. The van der Waals surface area contributed by atoms with Gasteiger partial charge in [-0.3, -0.25) is 20.4 Å². The smallest absolute Gasteiger partial charge is 0.269 e. The molecule has 0 heterocycles. The van der Waals surface area contributed by atoms with Gasteiger partial charge in [0, 0.05) is 11.1 Å². The van der Waals surface area contributed by atoms with Crippen LogP contribution in [0.25, 0.3) is 11.1 Å². The van der Waals surface area contributed by atoms with Crippen molar-refractivity contribution in [3.63, 3.8) is 0 Å². The number of carbonyl (C=O) groups excluding carboxylic acids is 2. The standard InChI is InChI=1S/C25H26N2O3/c1-18(2)16-17-30-23-14-12-22(13-15-23)25(29)27-26-24(28)21-10-8-20(9-11-21)19-6-4-3-5-7-19/h3-15,18H,16-17H2,1-2H3,(H,26,28)(H,27,29). The van der Waals surface area contributed by atoms with E-state index >= 15 is 0 Å². The van der Waals surface area contributed by atoms with Crippen LogP contribution in [0.2, 0.25) is 0 Å². The minimum Gasteiger partial charge on any atom is -0.494 e. The van der Waals surface area contributed by atoms with Crippen molar-refractivity contribution < 1.29 is 14.3 Å². The zero-order chi connectivity index (χ0) is 21.3. The summed E-state index contributed by atoms with van der Waals surface area (Å²) >= 11 is 0. The van der Waals surface area contributed by atoms with Gasteiger partial charge in [-0.2, -0.15) is 0 Å². The highest BCUT2D eigenvalue weighted by Gasteiger charge is 2.10. The largest absolute Gasteiger partial charge is 0.494 e. The van der Waals surface area contributed by atoms with Gasteiger partial charge < -0.3 is 4.74 Å². The molecule has 0 unspecified atom stereocenters. The lowest BCUT2D eigenvalue weighted by Crippen LogP contribution is -2.41. The maximum Gasteiger partial charge on any atom is 0.269 e. The molecule has 0 saturated heterocycles. The molecule has 0 saturated carbocycles. The minimum atomic E-state index is -0.391. The van der Waals surface area contributed by atoms with Crippen LogP contribution in [0.1, 0.15) is 41.0 Å². The first-order valence-electron chi connectivity index (χ1n) is 10.0. The van der Waals surface area contributed by atoms with Gasteiger partial charge in [0.1, 0.15) is 5.75 Å². The number of rotatable bonds is 7. The summed E-state index contributed by atoms with van der Waals surface area (Å²) in [5.41, 5.74) is 7.89. The second-order valence-corrected chi connectivity index (χ2v) is 7.41. The van der Waals surface area contributed by atoms with Crippen LogP contribution in [0.3, 0.4) is 0 Å². The average molecular weight is 402 g/mol. The first kappa shape index (κ1) is 21.1. The van der Waals surface area contributed by atoms with Gasteiger partial charge in [0.05, 0.1) is 6.61 Å². The molecular weight excluding hydrogens is 376 g/mol. The van der Waals surface area contributed by atoms with Gasteiger partial charge in [0.25, 0.3) is 11.8 Å². The van der Waals surface area contributed by atoms with Crippen molar-refractivity contribution in [2.45, 2.75) is 20.3 Å². The Bertz CT molecular complexity index is 966. The predicted octanol–water partition coefficient (Wildman–Crippen LogP) is 4.85. The zero-order valence-corrected chi connectivity index (χ0v) is 17.2. The number of hydrogen-bond acceptors (Lipinski definition) is 3. The van der Waals surface area contributed by atoms with Crippen LogP contribution < -0.4 is 15.6 Å². The van der Waals surface area contributed by atoms with E-state index in [0.29, 0.717) is 23.7 Å². The molecule has 0 radical (unpaired) electrons. The Balaban J connectivity index is 1.51. The third-order valence-electron chi connectivity index (χ3n) is 4.62. The topological polar surface area (TPSA) is 67.4 Å². The van der Waals surface area contributed by atoms with Gasteiger partial charge in [0.2, 0.25) is 0 Å². The van der Waals surface area contributed by atoms with Crippen LogP contribution in [0, 0.1) is 5.92 Å². The molecule has 3 aromatic carbocycles. The maximum absolute atomic E-state index is 12.3. The Morgan fingerprint density at radius 3 is 1.77 bits per heavy atom. The molecule has 0 aliphatic carbocycles. The highest BCUT2D eigenvalue weighted by molar-refractivity contribution is 5.99. The molecule has 0 spiro atoms. The number of ether oxygens (including phenoxy) is 1. The fourth-order valence-electron chi connectivity index (χ4n) is 2.82. The summed E-state index contributed by atoms with van der Waals surface area (Å²) in [7, 11) is 0.